The van der Waals surface area contributed by atoms with E-state index in [4.69, 9.17) is 11.6 Å². The zero-order valence-electron chi connectivity index (χ0n) is 13.2. The monoisotopic (exact) mass is 347 g/mol. The number of nitriles is 1. The minimum atomic E-state index is -0.461. The van der Waals surface area contributed by atoms with Crippen molar-refractivity contribution in [3.63, 3.8) is 0 Å². The van der Waals surface area contributed by atoms with Crippen LogP contribution in [0.1, 0.15) is 5.56 Å². The molecule has 122 valence electrons. The predicted molar refractivity (Wildman–Crippen MR) is 99.4 cm³/mol. The Hall–Kier alpha value is -3.29. The van der Waals surface area contributed by atoms with E-state index in [-0.39, 0.29) is 5.57 Å². The average Bonchev–Trinajstić information content (AvgIpc) is 3.11. The van der Waals surface area contributed by atoms with Crippen molar-refractivity contribution in [1.29, 1.82) is 5.26 Å². The molecule has 0 spiro atoms. The molecule has 5 heteroatoms. The maximum atomic E-state index is 12.3. The Morgan fingerprint density at radius 1 is 1.08 bits per heavy atom. The summed E-state index contributed by atoms with van der Waals surface area (Å²) in [6.07, 6.45) is 5.31. The van der Waals surface area contributed by atoms with Gasteiger partial charge in [-0.3, -0.25) is 4.79 Å². The van der Waals surface area contributed by atoms with Crippen molar-refractivity contribution in [2.24, 2.45) is 0 Å². The lowest BCUT2D eigenvalue weighted by molar-refractivity contribution is -0.112. The quantitative estimate of drug-likeness (QED) is 0.550. The van der Waals surface area contributed by atoms with Gasteiger partial charge in [0.2, 0.25) is 0 Å². The van der Waals surface area contributed by atoms with Gasteiger partial charge in [0, 0.05) is 28.8 Å². The molecular formula is C20H14ClN3O. The van der Waals surface area contributed by atoms with Gasteiger partial charge < -0.3 is 9.88 Å². The lowest BCUT2D eigenvalue weighted by Crippen LogP contribution is -2.13. The lowest BCUT2D eigenvalue weighted by atomic mass is 10.2. The first-order valence-electron chi connectivity index (χ1n) is 7.58. The van der Waals surface area contributed by atoms with Crippen molar-refractivity contribution >= 4 is 29.3 Å². The summed E-state index contributed by atoms with van der Waals surface area (Å²) < 4.78 is 1.93. The van der Waals surface area contributed by atoms with Crippen LogP contribution in [0, 0.1) is 11.3 Å². The Labute approximate surface area is 150 Å². The Morgan fingerprint density at radius 3 is 2.48 bits per heavy atom. The van der Waals surface area contributed by atoms with Gasteiger partial charge in [0.25, 0.3) is 5.91 Å². The maximum absolute atomic E-state index is 12.3. The first-order valence-corrected chi connectivity index (χ1v) is 7.95. The molecule has 0 aliphatic heterocycles. The van der Waals surface area contributed by atoms with Gasteiger partial charge >= 0.3 is 0 Å². The number of hydrogen-bond acceptors (Lipinski definition) is 2. The summed E-state index contributed by atoms with van der Waals surface area (Å²) in [5.41, 5.74) is 2.39. The second-order valence-corrected chi connectivity index (χ2v) is 5.75. The number of amides is 1. The van der Waals surface area contributed by atoms with E-state index in [1.165, 1.54) is 0 Å². The Kier molecular flexibility index (Phi) is 4.98. The number of carbonyl (C=O) groups excluding carboxylic acids is 1. The van der Waals surface area contributed by atoms with E-state index < -0.39 is 5.91 Å². The molecule has 0 fully saturated rings. The molecule has 0 aliphatic carbocycles. The molecule has 0 saturated heterocycles. The summed E-state index contributed by atoms with van der Waals surface area (Å²) in [5, 5.41) is 12.6. The number of anilines is 1. The first kappa shape index (κ1) is 16.6. The summed E-state index contributed by atoms with van der Waals surface area (Å²) in [6.45, 7) is 0. The molecule has 0 saturated carbocycles. The van der Waals surface area contributed by atoms with Crippen LogP contribution in [0.4, 0.5) is 5.69 Å². The second kappa shape index (κ2) is 7.52. The number of nitrogens with zero attached hydrogens (tertiary/aromatic N) is 2. The fourth-order valence-electron chi connectivity index (χ4n) is 2.31. The number of para-hydroxylation sites is 1. The predicted octanol–water partition coefficient (Wildman–Crippen LogP) is 4.68. The normalized spacial score (nSPS) is 11.0. The van der Waals surface area contributed by atoms with Gasteiger partial charge in [0.1, 0.15) is 11.6 Å². The number of benzene rings is 2. The summed E-state index contributed by atoms with van der Waals surface area (Å²) in [5.74, 6) is -0.461. The third-order valence-corrected chi connectivity index (χ3v) is 3.80. The van der Waals surface area contributed by atoms with Crippen LogP contribution in [0.3, 0.4) is 0 Å². The Morgan fingerprint density at radius 2 is 1.80 bits per heavy atom. The average molecular weight is 348 g/mol. The van der Waals surface area contributed by atoms with E-state index in [1.807, 2.05) is 59.4 Å². The van der Waals surface area contributed by atoms with Crippen LogP contribution in [0.15, 0.2) is 78.6 Å². The molecule has 0 aliphatic rings. The van der Waals surface area contributed by atoms with Crippen molar-refractivity contribution in [2.45, 2.75) is 0 Å². The third-order valence-electron chi connectivity index (χ3n) is 3.55. The second-order valence-electron chi connectivity index (χ2n) is 5.32. The molecular weight excluding hydrogens is 334 g/mol. The van der Waals surface area contributed by atoms with Gasteiger partial charge in [-0.05, 0) is 54.1 Å². The van der Waals surface area contributed by atoms with Gasteiger partial charge in [0.15, 0.2) is 0 Å². The Bertz CT molecular complexity index is 951. The molecule has 0 bridgehead atoms. The van der Waals surface area contributed by atoms with Gasteiger partial charge in [0.05, 0.1) is 0 Å². The molecule has 2 aromatic carbocycles. The van der Waals surface area contributed by atoms with Crippen LogP contribution in [-0.4, -0.2) is 10.5 Å². The highest BCUT2D eigenvalue weighted by molar-refractivity contribution is 6.30. The fraction of sp³-hybridized carbons (Fsp3) is 0. The molecule has 1 aromatic heterocycles. The zero-order valence-corrected chi connectivity index (χ0v) is 13.9. The minimum absolute atomic E-state index is 0.0285. The van der Waals surface area contributed by atoms with Crippen molar-refractivity contribution in [3.05, 3.63) is 89.2 Å². The van der Waals surface area contributed by atoms with E-state index in [2.05, 4.69) is 5.32 Å². The summed E-state index contributed by atoms with van der Waals surface area (Å²) in [4.78, 5) is 12.3. The molecule has 0 unspecified atom stereocenters. The molecule has 1 heterocycles. The van der Waals surface area contributed by atoms with Crippen molar-refractivity contribution in [1.82, 2.24) is 4.57 Å². The highest BCUT2D eigenvalue weighted by Crippen LogP contribution is 2.16. The van der Waals surface area contributed by atoms with Crippen molar-refractivity contribution in [2.75, 3.05) is 5.32 Å². The molecule has 25 heavy (non-hydrogen) atoms. The molecule has 0 atom stereocenters. The van der Waals surface area contributed by atoms with Crippen LogP contribution in [0.5, 0.6) is 0 Å². The van der Waals surface area contributed by atoms with Crippen LogP contribution in [0.2, 0.25) is 5.02 Å². The van der Waals surface area contributed by atoms with E-state index in [0.29, 0.717) is 10.7 Å². The van der Waals surface area contributed by atoms with Crippen LogP contribution >= 0.6 is 11.6 Å². The highest BCUT2D eigenvalue weighted by Gasteiger charge is 2.10. The fourth-order valence-corrected chi connectivity index (χ4v) is 2.43. The third kappa shape index (κ3) is 4.17. The molecule has 3 rings (SSSR count). The zero-order chi connectivity index (χ0) is 17.6. The summed E-state index contributed by atoms with van der Waals surface area (Å²) >= 11 is 5.82. The largest absolute Gasteiger partial charge is 0.323 e. The van der Waals surface area contributed by atoms with Gasteiger partial charge in [-0.25, -0.2) is 0 Å². The van der Waals surface area contributed by atoms with Crippen LogP contribution < -0.4 is 5.32 Å². The standard InChI is InChI=1S/C20H14ClN3O/c21-17-6-8-18(9-7-17)23-20(25)16(13-22)12-15-10-11-24(14-15)19-4-2-1-3-5-19/h1-12,14H,(H,23,25)/b16-12+. The molecule has 1 N–H and O–H groups in total. The lowest BCUT2D eigenvalue weighted by Gasteiger charge is -2.04. The minimum Gasteiger partial charge on any atom is -0.323 e. The van der Waals surface area contributed by atoms with Crippen LogP contribution in [-0.2, 0) is 4.79 Å². The molecule has 1 amide bonds. The highest BCUT2D eigenvalue weighted by atomic mass is 35.5. The van der Waals surface area contributed by atoms with E-state index in [1.54, 1.807) is 30.3 Å². The van der Waals surface area contributed by atoms with Gasteiger partial charge in [-0.1, -0.05) is 29.8 Å². The Balaban J connectivity index is 1.78. The van der Waals surface area contributed by atoms with E-state index >= 15 is 0 Å². The number of carbonyl (C=O) groups is 1. The van der Waals surface area contributed by atoms with E-state index in [0.717, 1.165) is 11.3 Å². The topological polar surface area (TPSA) is 57.8 Å². The van der Waals surface area contributed by atoms with Crippen LogP contribution in [0.25, 0.3) is 11.8 Å². The van der Waals surface area contributed by atoms with Gasteiger partial charge in [-0.15, -0.1) is 0 Å². The molecule has 0 radical (unpaired) electrons. The number of aromatic nitrogens is 1. The summed E-state index contributed by atoms with van der Waals surface area (Å²) in [6, 6.07) is 20.3. The van der Waals surface area contributed by atoms with E-state index in [9.17, 15) is 10.1 Å². The smallest absolute Gasteiger partial charge is 0.266 e. The summed E-state index contributed by atoms with van der Waals surface area (Å²) in [7, 11) is 0. The number of nitrogens with one attached hydrogen (secondary N) is 1. The molecule has 4 nitrogen and oxygen atoms in total. The maximum Gasteiger partial charge on any atom is 0.266 e. The van der Waals surface area contributed by atoms with Crippen molar-refractivity contribution < 1.29 is 4.79 Å². The van der Waals surface area contributed by atoms with Crippen molar-refractivity contribution in [3.8, 4) is 11.8 Å². The number of hydrogen-bond donors (Lipinski definition) is 1. The number of rotatable bonds is 4. The van der Waals surface area contributed by atoms with Gasteiger partial charge in [-0.2, -0.15) is 5.26 Å². The number of halogens is 1. The molecule has 3 aromatic rings. The SMILES string of the molecule is N#C/C(=C\c1ccn(-c2ccccc2)c1)C(=O)Nc1ccc(Cl)cc1. The first-order chi connectivity index (χ1) is 12.2.